The lowest BCUT2D eigenvalue weighted by Crippen LogP contribution is -2.29. The molecule has 1 aliphatic rings. The lowest BCUT2D eigenvalue weighted by molar-refractivity contribution is -0.129. The summed E-state index contributed by atoms with van der Waals surface area (Å²) in [5.74, 6) is 1.80. The molecule has 104 valence electrons. The smallest absolute Gasteiger partial charge is 0.224 e. The van der Waals surface area contributed by atoms with E-state index in [0.29, 0.717) is 13.0 Å². The van der Waals surface area contributed by atoms with Gasteiger partial charge in [-0.2, -0.15) is 0 Å². The molecule has 0 saturated carbocycles. The Bertz CT molecular complexity index is 446. The number of amides is 1. The summed E-state index contributed by atoms with van der Waals surface area (Å²) >= 11 is 3.36. The number of aromatic nitrogens is 2. The first-order valence-electron chi connectivity index (χ1n) is 6.74. The van der Waals surface area contributed by atoms with Crippen molar-refractivity contribution in [2.75, 3.05) is 25.0 Å². The number of anilines is 1. The minimum atomic E-state index is 0.230. The van der Waals surface area contributed by atoms with Crippen LogP contribution in [0.25, 0.3) is 0 Å². The van der Waals surface area contributed by atoms with Crippen LogP contribution in [0, 0.1) is 0 Å². The Balaban J connectivity index is 1.81. The van der Waals surface area contributed by atoms with Crippen LogP contribution in [-0.4, -0.2) is 40.4 Å². The molecule has 5 nitrogen and oxygen atoms in total. The fourth-order valence-corrected chi connectivity index (χ4v) is 2.56. The molecule has 1 aliphatic heterocycles. The maximum absolute atomic E-state index is 11.9. The van der Waals surface area contributed by atoms with Crippen molar-refractivity contribution in [1.29, 1.82) is 0 Å². The molecular formula is C13H19BrN4O. The predicted octanol–water partition coefficient (Wildman–Crippen LogP) is 2.23. The van der Waals surface area contributed by atoms with Gasteiger partial charge in [0.15, 0.2) is 0 Å². The van der Waals surface area contributed by atoms with Crippen molar-refractivity contribution >= 4 is 27.7 Å². The van der Waals surface area contributed by atoms with E-state index in [1.165, 1.54) is 0 Å². The Hall–Kier alpha value is -1.17. The predicted molar refractivity (Wildman–Crippen MR) is 78.0 cm³/mol. The zero-order chi connectivity index (χ0) is 13.7. The van der Waals surface area contributed by atoms with E-state index < -0.39 is 0 Å². The van der Waals surface area contributed by atoms with E-state index in [9.17, 15) is 4.79 Å². The Morgan fingerprint density at radius 3 is 2.84 bits per heavy atom. The third-order valence-electron chi connectivity index (χ3n) is 3.16. The summed E-state index contributed by atoms with van der Waals surface area (Å²) in [6.07, 6.45) is 3.58. The van der Waals surface area contributed by atoms with Crippen LogP contribution in [0.2, 0.25) is 0 Å². The molecule has 1 amide bonds. The zero-order valence-electron chi connectivity index (χ0n) is 11.2. The van der Waals surface area contributed by atoms with Crippen molar-refractivity contribution in [2.24, 2.45) is 0 Å². The maximum atomic E-state index is 11.9. The molecule has 0 aliphatic carbocycles. The second-order valence-electron chi connectivity index (χ2n) is 4.61. The molecule has 19 heavy (non-hydrogen) atoms. The van der Waals surface area contributed by atoms with Crippen molar-refractivity contribution in [2.45, 2.75) is 32.6 Å². The average molecular weight is 327 g/mol. The molecule has 1 aromatic heterocycles. The van der Waals surface area contributed by atoms with Gasteiger partial charge in [-0.25, -0.2) is 9.97 Å². The molecule has 1 fully saturated rings. The lowest BCUT2D eigenvalue weighted by atomic mass is 10.3. The van der Waals surface area contributed by atoms with E-state index in [1.54, 1.807) is 0 Å². The summed E-state index contributed by atoms with van der Waals surface area (Å²) in [5.41, 5.74) is 0. The molecule has 1 saturated heterocycles. The highest BCUT2D eigenvalue weighted by Crippen LogP contribution is 2.13. The van der Waals surface area contributed by atoms with E-state index >= 15 is 0 Å². The number of carbonyl (C=O) groups is 1. The van der Waals surface area contributed by atoms with E-state index in [1.807, 2.05) is 17.9 Å². The van der Waals surface area contributed by atoms with Crippen LogP contribution in [0.15, 0.2) is 10.7 Å². The Morgan fingerprint density at radius 1 is 1.42 bits per heavy atom. The first-order valence-corrected chi connectivity index (χ1v) is 7.53. The number of hydrogen-bond donors (Lipinski definition) is 1. The molecular weight excluding hydrogens is 308 g/mol. The van der Waals surface area contributed by atoms with E-state index in [2.05, 4.69) is 31.2 Å². The van der Waals surface area contributed by atoms with Crippen LogP contribution in [-0.2, 0) is 11.2 Å². The topological polar surface area (TPSA) is 58.1 Å². The van der Waals surface area contributed by atoms with Gasteiger partial charge in [-0.3, -0.25) is 4.79 Å². The van der Waals surface area contributed by atoms with Crippen molar-refractivity contribution in [1.82, 2.24) is 14.9 Å². The number of likely N-dealkylation sites (tertiary alicyclic amines) is 1. The van der Waals surface area contributed by atoms with Gasteiger partial charge >= 0.3 is 0 Å². The maximum Gasteiger partial charge on any atom is 0.224 e. The standard InChI is InChI=1S/C13H19BrN4O/c1-2-11-16-10(14)9-12(17-11)15-6-5-13(19)18-7-3-4-8-18/h9H,2-8H2,1H3,(H,15,16,17). The first kappa shape index (κ1) is 14.2. The Morgan fingerprint density at radius 2 is 2.16 bits per heavy atom. The normalized spacial score (nSPS) is 14.7. The summed E-state index contributed by atoms with van der Waals surface area (Å²) in [4.78, 5) is 22.4. The van der Waals surface area contributed by atoms with Crippen LogP contribution in [0.1, 0.15) is 32.0 Å². The third-order valence-corrected chi connectivity index (χ3v) is 3.57. The van der Waals surface area contributed by atoms with Gasteiger partial charge in [0.1, 0.15) is 16.2 Å². The van der Waals surface area contributed by atoms with Crippen molar-refractivity contribution in [3.63, 3.8) is 0 Å². The summed E-state index contributed by atoms with van der Waals surface area (Å²) in [6, 6.07) is 1.83. The highest BCUT2D eigenvalue weighted by atomic mass is 79.9. The van der Waals surface area contributed by atoms with Crippen LogP contribution in [0.3, 0.4) is 0 Å². The highest BCUT2D eigenvalue weighted by molar-refractivity contribution is 9.10. The summed E-state index contributed by atoms with van der Waals surface area (Å²) in [7, 11) is 0. The fraction of sp³-hybridized carbons (Fsp3) is 0.615. The minimum absolute atomic E-state index is 0.230. The van der Waals surface area contributed by atoms with Crippen molar-refractivity contribution < 1.29 is 4.79 Å². The van der Waals surface area contributed by atoms with Gasteiger partial charge in [-0.05, 0) is 28.8 Å². The van der Waals surface area contributed by atoms with Gasteiger partial charge < -0.3 is 10.2 Å². The second-order valence-corrected chi connectivity index (χ2v) is 5.42. The third kappa shape index (κ3) is 4.16. The average Bonchev–Trinajstić information content (AvgIpc) is 2.92. The molecule has 1 N–H and O–H groups in total. The van der Waals surface area contributed by atoms with Gasteiger partial charge in [0.2, 0.25) is 5.91 Å². The molecule has 6 heteroatoms. The van der Waals surface area contributed by atoms with E-state index in [-0.39, 0.29) is 5.91 Å². The molecule has 0 atom stereocenters. The summed E-state index contributed by atoms with van der Waals surface area (Å²) < 4.78 is 0.771. The van der Waals surface area contributed by atoms with Gasteiger partial charge in [-0.1, -0.05) is 6.92 Å². The number of carbonyl (C=O) groups excluding carboxylic acids is 1. The van der Waals surface area contributed by atoms with Crippen LogP contribution in [0.5, 0.6) is 0 Å². The molecule has 0 spiro atoms. The number of nitrogens with zero attached hydrogens (tertiary/aromatic N) is 3. The minimum Gasteiger partial charge on any atom is -0.369 e. The monoisotopic (exact) mass is 326 g/mol. The van der Waals surface area contributed by atoms with Gasteiger partial charge in [0.25, 0.3) is 0 Å². The number of rotatable bonds is 5. The van der Waals surface area contributed by atoms with Crippen molar-refractivity contribution in [3.8, 4) is 0 Å². The molecule has 2 rings (SSSR count). The summed E-state index contributed by atoms with van der Waals surface area (Å²) in [6.45, 7) is 4.46. The SMILES string of the molecule is CCc1nc(Br)cc(NCCC(=O)N2CCCC2)n1. The molecule has 0 aromatic carbocycles. The molecule has 0 radical (unpaired) electrons. The first-order chi connectivity index (χ1) is 9.19. The number of halogens is 1. The fourth-order valence-electron chi connectivity index (χ4n) is 2.14. The number of nitrogens with one attached hydrogen (secondary N) is 1. The largest absolute Gasteiger partial charge is 0.369 e. The Kier molecular flexibility index (Phi) is 5.13. The van der Waals surface area contributed by atoms with Gasteiger partial charge in [0, 0.05) is 38.5 Å². The Labute approximate surface area is 121 Å². The molecule has 1 aromatic rings. The van der Waals surface area contributed by atoms with Crippen molar-refractivity contribution in [3.05, 3.63) is 16.5 Å². The van der Waals surface area contributed by atoms with Crippen LogP contribution in [0.4, 0.5) is 5.82 Å². The highest BCUT2D eigenvalue weighted by Gasteiger charge is 2.17. The zero-order valence-corrected chi connectivity index (χ0v) is 12.7. The summed E-state index contributed by atoms with van der Waals surface area (Å²) in [5, 5.41) is 3.19. The van der Waals surface area contributed by atoms with Crippen LogP contribution < -0.4 is 5.32 Å². The molecule has 2 heterocycles. The molecule has 0 unspecified atom stereocenters. The lowest BCUT2D eigenvalue weighted by Gasteiger charge is -2.15. The van der Waals surface area contributed by atoms with Gasteiger partial charge in [-0.15, -0.1) is 0 Å². The number of hydrogen-bond acceptors (Lipinski definition) is 4. The van der Waals surface area contributed by atoms with Gasteiger partial charge in [0.05, 0.1) is 0 Å². The molecule has 0 bridgehead atoms. The van der Waals surface area contributed by atoms with E-state index in [4.69, 9.17) is 0 Å². The quantitative estimate of drug-likeness (QED) is 0.843. The second kappa shape index (κ2) is 6.84. The van der Waals surface area contributed by atoms with Crippen LogP contribution >= 0.6 is 15.9 Å². The van der Waals surface area contributed by atoms with E-state index in [0.717, 1.165) is 48.6 Å². The number of aryl methyl sites for hydroxylation is 1.